The highest BCUT2D eigenvalue weighted by Gasteiger charge is 2.03. The zero-order chi connectivity index (χ0) is 12.4. The molecule has 0 unspecified atom stereocenters. The Kier molecular flexibility index (Phi) is 2.79. The van der Waals surface area contributed by atoms with E-state index in [4.69, 9.17) is 5.73 Å². The van der Waals surface area contributed by atoms with Gasteiger partial charge in [-0.05, 0) is 28.6 Å². The van der Waals surface area contributed by atoms with Crippen molar-refractivity contribution in [3.8, 4) is 11.1 Å². The molecule has 0 fully saturated rings. The topological polar surface area (TPSA) is 38.9 Å². The van der Waals surface area contributed by atoms with Crippen molar-refractivity contribution < 1.29 is 0 Å². The quantitative estimate of drug-likeness (QED) is 0.738. The minimum absolute atomic E-state index is 0.474. The van der Waals surface area contributed by atoms with Gasteiger partial charge in [0.15, 0.2) is 0 Å². The number of fused-ring (bicyclic) bond motifs is 1. The van der Waals surface area contributed by atoms with Crippen LogP contribution in [0.25, 0.3) is 21.9 Å². The maximum Gasteiger partial charge on any atom is 0.0617 e. The number of aromatic nitrogens is 1. The first-order valence-corrected chi connectivity index (χ1v) is 6.01. The molecule has 1 heterocycles. The van der Waals surface area contributed by atoms with Crippen molar-refractivity contribution in [2.24, 2.45) is 5.73 Å². The van der Waals surface area contributed by atoms with E-state index < -0.39 is 0 Å². The van der Waals surface area contributed by atoms with Crippen molar-refractivity contribution in [2.45, 2.75) is 6.54 Å². The van der Waals surface area contributed by atoms with Gasteiger partial charge in [-0.15, -0.1) is 0 Å². The molecule has 18 heavy (non-hydrogen) atoms. The van der Waals surface area contributed by atoms with E-state index in [0.717, 1.165) is 11.1 Å². The van der Waals surface area contributed by atoms with Crippen LogP contribution in [0.2, 0.25) is 0 Å². The first kappa shape index (κ1) is 10.9. The molecule has 2 nitrogen and oxygen atoms in total. The van der Waals surface area contributed by atoms with E-state index in [0.29, 0.717) is 6.54 Å². The Hall–Kier alpha value is -2.19. The summed E-state index contributed by atoms with van der Waals surface area (Å²) in [5.41, 5.74) is 9.10. The van der Waals surface area contributed by atoms with Gasteiger partial charge >= 0.3 is 0 Å². The summed E-state index contributed by atoms with van der Waals surface area (Å²) in [6.07, 6.45) is 1.82. The van der Waals surface area contributed by atoms with Crippen LogP contribution in [-0.4, -0.2) is 4.98 Å². The molecule has 0 aliphatic rings. The van der Waals surface area contributed by atoms with Gasteiger partial charge in [0.25, 0.3) is 0 Å². The standard InChI is InChI=1S/C16H14N2/c17-11-16-15-7-6-13(10-14(15)8-9-18-16)12-4-2-1-3-5-12/h1-10H,11,17H2. The second kappa shape index (κ2) is 4.59. The lowest BCUT2D eigenvalue weighted by atomic mass is 10.0. The van der Waals surface area contributed by atoms with Crippen molar-refractivity contribution in [2.75, 3.05) is 0 Å². The predicted molar refractivity (Wildman–Crippen MR) is 75.1 cm³/mol. The minimum Gasteiger partial charge on any atom is -0.325 e. The van der Waals surface area contributed by atoms with E-state index >= 15 is 0 Å². The fraction of sp³-hybridized carbons (Fsp3) is 0.0625. The summed E-state index contributed by atoms with van der Waals surface area (Å²) < 4.78 is 0. The fourth-order valence-electron chi connectivity index (χ4n) is 2.21. The van der Waals surface area contributed by atoms with Crippen LogP contribution in [0.1, 0.15) is 5.69 Å². The lowest BCUT2D eigenvalue weighted by Crippen LogP contribution is -1.99. The molecule has 2 heteroatoms. The van der Waals surface area contributed by atoms with E-state index in [9.17, 15) is 0 Å². The number of pyridine rings is 1. The van der Waals surface area contributed by atoms with Gasteiger partial charge in [-0.3, -0.25) is 4.98 Å². The van der Waals surface area contributed by atoms with Gasteiger partial charge in [-0.2, -0.15) is 0 Å². The van der Waals surface area contributed by atoms with Crippen LogP contribution in [0, 0.1) is 0 Å². The molecule has 3 rings (SSSR count). The molecule has 0 atom stereocenters. The monoisotopic (exact) mass is 234 g/mol. The molecule has 3 aromatic rings. The molecular formula is C16H14N2. The van der Waals surface area contributed by atoms with Crippen molar-refractivity contribution >= 4 is 10.8 Å². The molecule has 2 aromatic carbocycles. The Morgan fingerprint density at radius 3 is 2.50 bits per heavy atom. The largest absolute Gasteiger partial charge is 0.325 e. The minimum atomic E-state index is 0.474. The number of rotatable bonds is 2. The van der Waals surface area contributed by atoms with Crippen LogP contribution in [0.5, 0.6) is 0 Å². The molecule has 0 aliphatic carbocycles. The fourth-order valence-corrected chi connectivity index (χ4v) is 2.21. The molecule has 0 radical (unpaired) electrons. The molecule has 88 valence electrons. The van der Waals surface area contributed by atoms with E-state index in [1.165, 1.54) is 16.5 Å². The van der Waals surface area contributed by atoms with E-state index in [1.807, 2.05) is 18.3 Å². The number of benzene rings is 2. The average molecular weight is 234 g/mol. The van der Waals surface area contributed by atoms with Crippen LogP contribution in [0.3, 0.4) is 0 Å². The number of hydrogen-bond donors (Lipinski definition) is 1. The number of nitrogens with two attached hydrogens (primary N) is 1. The summed E-state index contributed by atoms with van der Waals surface area (Å²) in [5, 5.41) is 2.33. The molecule has 0 spiro atoms. The summed E-state index contributed by atoms with van der Waals surface area (Å²) >= 11 is 0. The van der Waals surface area contributed by atoms with Gasteiger partial charge in [0.1, 0.15) is 0 Å². The first-order valence-electron chi connectivity index (χ1n) is 6.01. The molecule has 2 N–H and O–H groups in total. The smallest absolute Gasteiger partial charge is 0.0617 e. The molecule has 0 aliphatic heterocycles. The van der Waals surface area contributed by atoms with Crippen LogP contribution in [0.4, 0.5) is 0 Å². The highest BCUT2D eigenvalue weighted by Crippen LogP contribution is 2.25. The van der Waals surface area contributed by atoms with Crippen molar-refractivity contribution in [1.82, 2.24) is 4.98 Å². The van der Waals surface area contributed by atoms with Gasteiger partial charge in [-0.25, -0.2) is 0 Å². The zero-order valence-electron chi connectivity index (χ0n) is 10.0. The Bertz CT molecular complexity index is 675. The zero-order valence-corrected chi connectivity index (χ0v) is 10.0. The third-order valence-corrected chi connectivity index (χ3v) is 3.15. The third kappa shape index (κ3) is 1.87. The lowest BCUT2D eigenvalue weighted by Gasteiger charge is -2.06. The Morgan fingerprint density at radius 2 is 1.72 bits per heavy atom. The van der Waals surface area contributed by atoms with Crippen LogP contribution in [0.15, 0.2) is 60.8 Å². The summed E-state index contributed by atoms with van der Waals surface area (Å²) in [6, 6.07) is 18.8. The maximum atomic E-state index is 5.70. The first-order chi connectivity index (χ1) is 8.88. The van der Waals surface area contributed by atoms with E-state index in [2.05, 4.69) is 47.4 Å². The summed E-state index contributed by atoms with van der Waals surface area (Å²) in [7, 11) is 0. The lowest BCUT2D eigenvalue weighted by molar-refractivity contribution is 1.01. The predicted octanol–water partition coefficient (Wildman–Crippen LogP) is 3.36. The Labute approximate surface area is 106 Å². The number of hydrogen-bond acceptors (Lipinski definition) is 2. The Balaban J connectivity index is 2.18. The highest BCUT2D eigenvalue weighted by atomic mass is 14.7. The van der Waals surface area contributed by atoms with Crippen LogP contribution < -0.4 is 5.73 Å². The summed E-state index contributed by atoms with van der Waals surface area (Å²) in [4.78, 5) is 4.30. The van der Waals surface area contributed by atoms with Gasteiger partial charge in [-0.1, -0.05) is 42.5 Å². The summed E-state index contributed by atoms with van der Waals surface area (Å²) in [5.74, 6) is 0. The van der Waals surface area contributed by atoms with Gasteiger partial charge in [0.05, 0.1) is 5.69 Å². The molecule has 0 amide bonds. The molecular weight excluding hydrogens is 220 g/mol. The average Bonchev–Trinajstić information content (AvgIpc) is 2.47. The van der Waals surface area contributed by atoms with E-state index in [1.54, 1.807) is 0 Å². The van der Waals surface area contributed by atoms with E-state index in [-0.39, 0.29) is 0 Å². The number of nitrogens with zero attached hydrogens (tertiary/aromatic N) is 1. The molecule has 0 saturated carbocycles. The molecule has 1 aromatic heterocycles. The highest BCUT2D eigenvalue weighted by molar-refractivity contribution is 5.88. The summed E-state index contributed by atoms with van der Waals surface area (Å²) in [6.45, 7) is 0.474. The molecule has 0 saturated heterocycles. The van der Waals surface area contributed by atoms with Crippen LogP contribution in [-0.2, 0) is 6.54 Å². The van der Waals surface area contributed by atoms with Gasteiger partial charge < -0.3 is 5.73 Å². The van der Waals surface area contributed by atoms with Crippen molar-refractivity contribution in [1.29, 1.82) is 0 Å². The normalized spacial score (nSPS) is 10.7. The maximum absolute atomic E-state index is 5.70. The van der Waals surface area contributed by atoms with Gasteiger partial charge in [0.2, 0.25) is 0 Å². The van der Waals surface area contributed by atoms with Crippen LogP contribution >= 0.6 is 0 Å². The SMILES string of the molecule is NCc1nccc2cc(-c3ccccc3)ccc12. The van der Waals surface area contributed by atoms with Crippen molar-refractivity contribution in [3.05, 3.63) is 66.5 Å². The second-order valence-corrected chi connectivity index (χ2v) is 4.26. The Morgan fingerprint density at radius 1 is 0.889 bits per heavy atom. The third-order valence-electron chi connectivity index (χ3n) is 3.15. The van der Waals surface area contributed by atoms with Gasteiger partial charge in [0, 0.05) is 18.1 Å². The molecule has 0 bridgehead atoms. The second-order valence-electron chi connectivity index (χ2n) is 4.26. The van der Waals surface area contributed by atoms with Crippen molar-refractivity contribution in [3.63, 3.8) is 0 Å².